The minimum Gasteiger partial charge on any atom is -0.338 e. The van der Waals surface area contributed by atoms with Gasteiger partial charge in [0.15, 0.2) is 0 Å². The van der Waals surface area contributed by atoms with Crippen LogP contribution in [0.5, 0.6) is 0 Å². The van der Waals surface area contributed by atoms with Crippen LogP contribution in [0.3, 0.4) is 0 Å². The smallest absolute Gasteiger partial charge is 0.230 e. The minimum atomic E-state index is 0.129. The van der Waals surface area contributed by atoms with E-state index < -0.39 is 0 Å². The van der Waals surface area contributed by atoms with Gasteiger partial charge in [0.2, 0.25) is 11.8 Å². The van der Waals surface area contributed by atoms with Crippen molar-refractivity contribution in [3.8, 4) is 0 Å². The predicted octanol–water partition coefficient (Wildman–Crippen LogP) is 6.12. The van der Waals surface area contributed by atoms with Gasteiger partial charge in [-0.25, -0.2) is 4.98 Å². The number of halogens is 1. The molecule has 0 N–H and O–H groups in total. The second kappa shape index (κ2) is 13.7. The number of aromatic nitrogens is 2. The Morgan fingerprint density at radius 3 is 2.44 bits per heavy atom. The summed E-state index contributed by atoms with van der Waals surface area (Å²) in [6.45, 7) is 9.28. The maximum atomic E-state index is 13.7. The van der Waals surface area contributed by atoms with Crippen LogP contribution in [0.2, 0.25) is 5.02 Å². The van der Waals surface area contributed by atoms with E-state index in [1.807, 2.05) is 46.5 Å². The zero-order valence-corrected chi connectivity index (χ0v) is 25.1. The van der Waals surface area contributed by atoms with Gasteiger partial charge in [-0.15, -0.1) is 0 Å². The summed E-state index contributed by atoms with van der Waals surface area (Å²) in [5, 5.41) is 0.737. The molecule has 5 rings (SSSR count). The van der Waals surface area contributed by atoms with Gasteiger partial charge in [0.05, 0.1) is 0 Å². The first-order chi connectivity index (χ1) is 19.9. The molecule has 1 aliphatic carbocycles. The molecular weight excluding hydrogens is 534 g/mol. The Morgan fingerprint density at radius 2 is 1.71 bits per heavy atom. The maximum absolute atomic E-state index is 13.7. The van der Waals surface area contributed by atoms with E-state index in [1.165, 1.54) is 5.56 Å². The highest BCUT2D eigenvalue weighted by Gasteiger charge is 2.35. The Labute approximate surface area is 249 Å². The number of amides is 2. The summed E-state index contributed by atoms with van der Waals surface area (Å²) in [5.74, 6) is 1.78. The van der Waals surface area contributed by atoms with Crippen molar-refractivity contribution in [3.63, 3.8) is 0 Å². The van der Waals surface area contributed by atoms with Crippen molar-refractivity contribution in [1.29, 1.82) is 0 Å². The van der Waals surface area contributed by atoms with Crippen LogP contribution in [0.25, 0.3) is 0 Å². The van der Waals surface area contributed by atoms with Crippen LogP contribution in [-0.2, 0) is 29.2 Å². The molecule has 218 valence electrons. The van der Waals surface area contributed by atoms with E-state index >= 15 is 0 Å². The molecule has 1 saturated carbocycles. The lowest BCUT2D eigenvalue weighted by Crippen LogP contribution is -2.39. The number of anilines is 1. The standard InChI is InChI=1S/C33H42ClN5O2/c1-25(2)32-35-16-22-37(32)21-15-31(40)38-19-5-17-36(23-26-9-13-29(34)14-10-26)18-6-20-39(33(41)27-11-12-27)30-8-4-3-7-28(30)24-38/h3-4,7-10,13-14,16,22,25,27H,5-6,11-12,15,17-21,23-24H2,1-2H3. The first-order valence-corrected chi connectivity index (χ1v) is 15.4. The minimum absolute atomic E-state index is 0.129. The number of para-hydroxylation sites is 1. The maximum Gasteiger partial charge on any atom is 0.230 e. The van der Waals surface area contributed by atoms with Gasteiger partial charge in [-0.2, -0.15) is 0 Å². The van der Waals surface area contributed by atoms with E-state index in [1.54, 1.807) is 0 Å². The summed E-state index contributed by atoms with van der Waals surface area (Å²) in [7, 11) is 0. The molecule has 8 heteroatoms. The number of fused-ring (bicyclic) bond motifs is 1. The van der Waals surface area contributed by atoms with Crippen molar-refractivity contribution in [2.24, 2.45) is 5.92 Å². The van der Waals surface area contributed by atoms with Gasteiger partial charge in [-0.3, -0.25) is 14.5 Å². The Kier molecular flexibility index (Phi) is 9.78. The zero-order chi connectivity index (χ0) is 28.8. The van der Waals surface area contributed by atoms with Crippen molar-refractivity contribution in [1.82, 2.24) is 19.4 Å². The molecular formula is C33H42ClN5O2. The molecule has 0 bridgehead atoms. The van der Waals surface area contributed by atoms with Crippen LogP contribution in [0, 0.1) is 5.92 Å². The fourth-order valence-corrected chi connectivity index (χ4v) is 5.87. The van der Waals surface area contributed by atoms with Crippen LogP contribution < -0.4 is 4.90 Å². The Bertz CT molecular complexity index is 1320. The molecule has 1 aliphatic heterocycles. The monoisotopic (exact) mass is 575 g/mol. The third-order valence-corrected chi connectivity index (χ3v) is 8.35. The van der Waals surface area contributed by atoms with Crippen molar-refractivity contribution in [2.75, 3.05) is 31.1 Å². The van der Waals surface area contributed by atoms with Crippen molar-refractivity contribution < 1.29 is 9.59 Å². The molecule has 2 aromatic carbocycles. The van der Waals surface area contributed by atoms with Crippen LogP contribution in [0.4, 0.5) is 5.69 Å². The van der Waals surface area contributed by atoms with E-state index in [2.05, 4.69) is 52.6 Å². The first kappa shape index (κ1) is 29.3. The van der Waals surface area contributed by atoms with Gasteiger partial charge in [0.1, 0.15) is 5.82 Å². The predicted molar refractivity (Wildman–Crippen MR) is 164 cm³/mol. The van der Waals surface area contributed by atoms with E-state index in [0.717, 1.165) is 67.4 Å². The molecule has 0 atom stereocenters. The molecule has 1 aromatic heterocycles. The number of carbonyl (C=O) groups excluding carboxylic acids is 2. The summed E-state index contributed by atoms with van der Waals surface area (Å²) < 4.78 is 2.09. The summed E-state index contributed by atoms with van der Waals surface area (Å²) in [5.41, 5.74) is 3.20. The molecule has 3 aromatic rings. The number of nitrogens with zero attached hydrogens (tertiary/aromatic N) is 5. The fourth-order valence-electron chi connectivity index (χ4n) is 5.75. The largest absolute Gasteiger partial charge is 0.338 e. The SMILES string of the molecule is CC(C)c1nccn1CCC(=O)N1CCCN(Cc2ccc(Cl)cc2)CCCN(C(=O)C2CC2)c2ccccc2C1. The van der Waals surface area contributed by atoms with E-state index in [-0.39, 0.29) is 17.7 Å². The highest BCUT2D eigenvalue weighted by atomic mass is 35.5. The summed E-state index contributed by atoms with van der Waals surface area (Å²) in [6, 6.07) is 16.2. The molecule has 7 nitrogen and oxygen atoms in total. The topological polar surface area (TPSA) is 61.7 Å². The molecule has 41 heavy (non-hydrogen) atoms. The molecule has 0 saturated heterocycles. The van der Waals surface area contributed by atoms with E-state index in [9.17, 15) is 9.59 Å². The normalized spacial score (nSPS) is 17.2. The Morgan fingerprint density at radius 1 is 0.976 bits per heavy atom. The lowest BCUT2D eigenvalue weighted by molar-refractivity contribution is -0.132. The lowest BCUT2D eigenvalue weighted by Gasteiger charge is -2.32. The average molecular weight is 576 g/mol. The van der Waals surface area contributed by atoms with Crippen LogP contribution in [0.15, 0.2) is 60.9 Å². The fraction of sp³-hybridized carbons (Fsp3) is 0.485. The van der Waals surface area contributed by atoms with Gasteiger partial charge in [-0.05, 0) is 55.0 Å². The summed E-state index contributed by atoms with van der Waals surface area (Å²) in [4.78, 5) is 38.1. The zero-order valence-electron chi connectivity index (χ0n) is 24.3. The Balaban J connectivity index is 1.37. The number of imidazole rings is 1. The van der Waals surface area contributed by atoms with Gasteiger partial charge in [0, 0.05) is 87.2 Å². The van der Waals surface area contributed by atoms with Gasteiger partial charge >= 0.3 is 0 Å². The van der Waals surface area contributed by atoms with Gasteiger partial charge in [-0.1, -0.05) is 55.8 Å². The molecule has 2 amide bonds. The molecule has 2 heterocycles. The molecule has 1 fully saturated rings. The van der Waals surface area contributed by atoms with Crippen LogP contribution in [-0.4, -0.2) is 57.3 Å². The van der Waals surface area contributed by atoms with Crippen LogP contribution >= 0.6 is 11.6 Å². The van der Waals surface area contributed by atoms with Crippen molar-refractivity contribution >= 4 is 29.1 Å². The number of rotatable bonds is 7. The molecule has 0 spiro atoms. The van der Waals surface area contributed by atoms with Crippen LogP contribution in [0.1, 0.15) is 68.8 Å². The second-order valence-corrected chi connectivity index (χ2v) is 12.1. The Hall–Kier alpha value is -3.16. The second-order valence-electron chi connectivity index (χ2n) is 11.7. The number of aryl methyl sites for hydroxylation is 1. The number of benzene rings is 2. The molecule has 0 unspecified atom stereocenters. The lowest BCUT2D eigenvalue weighted by atomic mass is 10.1. The average Bonchev–Trinajstić information content (AvgIpc) is 3.70. The third-order valence-electron chi connectivity index (χ3n) is 8.10. The molecule has 0 radical (unpaired) electrons. The quantitative estimate of drug-likeness (QED) is 0.341. The number of carbonyl (C=O) groups is 2. The summed E-state index contributed by atoms with van der Waals surface area (Å²) >= 11 is 6.13. The van der Waals surface area contributed by atoms with E-state index in [4.69, 9.17) is 11.6 Å². The third kappa shape index (κ3) is 7.77. The van der Waals surface area contributed by atoms with Gasteiger partial charge in [0.25, 0.3) is 0 Å². The number of hydrogen-bond donors (Lipinski definition) is 0. The highest BCUT2D eigenvalue weighted by molar-refractivity contribution is 6.30. The molecule has 2 aliphatic rings. The number of hydrogen-bond acceptors (Lipinski definition) is 4. The first-order valence-electron chi connectivity index (χ1n) is 15.0. The van der Waals surface area contributed by atoms with E-state index in [0.29, 0.717) is 38.5 Å². The van der Waals surface area contributed by atoms with Crippen molar-refractivity contribution in [3.05, 3.63) is 82.9 Å². The summed E-state index contributed by atoms with van der Waals surface area (Å²) in [6.07, 6.45) is 7.91. The van der Waals surface area contributed by atoms with Crippen molar-refractivity contribution in [2.45, 2.75) is 71.5 Å². The highest BCUT2D eigenvalue weighted by Crippen LogP contribution is 2.34. The van der Waals surface area contributed by atoms with Gasteiger partial charge < -0.3 is 14.4 Å².